The summed E-state index contributed by atoms with van der Waals surface area (Å²) >= 11 is 3.40. The molecule has 2 nitrogen and oxygen atoms in total. The Morgan fingerprint density at radius 3 is 2.57 bits per heavy atom. The quantitative estimate of drug-likeness (QED) is 0.753. The fourth-order valence-electron chi connectivity index (χ4n) is 2.59. The second-order valence-electron chi connectivity index (χ2n) is 5.43. The summed E-state index contributed by atoms with van der Waals surface area (Å²) < 4.78 is 0.910. The normalized spacial score (nSPS) is 13.7. The molecule has 1 aromatic carbocycles. The topological polar surface area (TPSA) is 30.0 Å². The summed E-state index contributed by atoms with van der Waals surface area (Å²) in [5, 5.41) is 0. The first-order chi connectivity index (χ1) is 10.1. The van der Waals surface area contributed by atoms with Crippen LogP contribution >= 0.6 is 15.9 Å². The molecule has 0 spiro atoms. The maximum atomic E-state index is 12.8. The van der Waals surface area contributed by atoms with E-state index in [1.165, 1.54) is 0 Å². The van der Waals surface area contributed by atoms with Crippen LogP contribution < -0.4 is 0 Å². The van der Waals surface area contributed by atoms with Crippen molar-refractivity contribution in [3.63, 3.8) is 0 Å². The lowest BCUT2D eigenvalue weighted by atomic mass is 9.81. The number of ketones is 1. The SMILES string of the molecule is CCC(C)C(C(=O)Cc1cncc(Br)c1)c1ccccc1. The minimum Gasteiger partial charge on any atom is -0.299 e. The molecule has 110 valence electrons. The average molecular weight is 346 g/mol. The molecule has 3 heteroatoms. The minimum absolute atomic E-state index is 0.0461. The molecule has 0 aliphatic heterocycles. The summed E-state index contributed by atoms with van der Waals surface area (Å²) in [5.74, 6) is 0.547. The van der Waals surface area contributed by atoms with Crippen molar-refractivity contribution in [1.29, 1.82) is 0 Å². The number of carbonyl (C=O) groups is 1. The largest absolute Gasteiger partial charge is 0.299 e. The number of rotatable bonds is 6. The van der Waals surface area contributed by atoms with Gasteiger partial charge in [0.2, 0.25) is 0 Å². The van der Waals surface area contributed by atoms with Crippen LogP contribution in [0.15, 0.2) is 53.3 Å². The zero-order valence-electron chi connectivity index (χ0n) is 12.4. The second kappa shape index (κ2) is 7.51. The number of pyridine rings is 1. The zero-order chi connectivity index (χ0) is 15.2. The first-order valence-electron chi connectivity index (χ1n) is 7.29. The van der Waals surface area contributed by atoms with Crippen molar-refractivity contribution in [2.24, 2.45) is 5.92 Å². The third kappa shape index (κ3) is 4.24. The molecule has 0 N–H and O–H groups in total. The predicted octanol–water partition coefficient (Wildman–Crippen LogP) is 4.79. The molecule has 0 radical (unpaired) electrons. The lowest BCUT2D eigenvalue weighted by Gasteiger charge is -2.22. The van der Waals surface area contributed by atoms with E-state index in [9.17, 15) is 4.79 Å². The fraction of sp³-hybridized carbons (Fsp3) is 0.333. The zero-order valence-corrected chi connectivity index (χ0v) is 14.0. The Kier molecular flexibility index (Phi) is 5.68. The Bertz CT molecular complexity index is 597. The van der Waals surface area contributed by atoms with E-state index in [1.54, 1.807) is 12.4 Å². The summed E-state index contributed by atoms with van der Waals surface area (Å²) in [6.07, 6.45) is 4.91. The first kappa shape index (κ1) is 15.9. The van der Waals surface area contributed by atoms with E-state index < -0.39 is 0 Å². The molecule has 1 aromatic heterocycles. The van der Waals surface area contributed by atoms with E-state index in [1.807, 2.05) is 36.4 Å². The van der Waals surface area contributed by atoms with Crippen LogP contribution in [0, 0.1) is 5.92 Å². The van der Waals surface area contributed by atoms with Crippen LogP contribution in [0.3, 0.4) is 0 Å². The fourth-order valence-corrected chi connectivity index (χ4v) is 3.00. The molecule has 0 aliphatic carbocycles. The van der Waals surface area contributed by atoms with Gasteiger partial charge in [-0.2, -0.15) is 0 Å². The van der Waals surface area contributed by atoms with E-state index in [-0.39, 0.29) is 11.7 Å². The maximum Gasteiger partial charge on any atom is 0.145 e. The summed E-state index contributed by atoms with van der Waals surface area (Å²) in [6, 6.07) is 12.0. The second-order valence-corrected chi connectivity index (χ2v) is 6.34. The summed E-state index contributed by atoms with van der Waals surface area (Å²) in [7, 11) is 0. The summed E-state index contributed by atoms with van der Waals surface area (Å²) in [6.45, 7) is 4.28. The van der Waals surface area contributed by atoms with Gasteiger partial charge in [-0.3, -0.25) is 9.78 Å². The van der Waals surface area contributed by atoms with Crippen LogP contribution in [0.2, 0.25) is 0 Å². The van der Waals surface area contributed by atoms with Crippen LogP contribution in [0.1, 0.15) is 37.3 Å². The van der Waals surface area contributed by atoms with E-state index in [2.05, 4.69) is 34.8 Å². The molecule has 0 fully saturated rings. The number of benzene rings is 1. The minimum atomic E-state index is -0.0461. The van der Waals surface area contributed by atoms with Crippen LogP contribution in [-0.2, 0) is 11.2 Å². The molecule has 2 atom stereocenters. The molecule has 2 unspecified atom stereocenters. The highest BCUT2D eigenvalue weighted by atomic mass is 79.9. The molecule has 1 heterocycles. The lowest BCUT2D eigenvalue weighted by Crippen LogP contribution is -2.21. The van der Waals surface area contributed by atoms with Crippen molar-refractivity contribution >= 4 is 21.7 Å². The van der Waals surface area contributed by atoms with Gasteiger partial charge in [0.05, 0.1) is 0 Å². The number of aromatic nitrogens is 1. The van der Waals surface area contributed by atoms with Gasteiger partial charge in [-0.25, -0.2) is 0 Å². The van der Waals surface area contributed by atoms with Crippen LogP contribution in [0.25, 0.3) is 0 Å². The number of halogens is 1. The Balaban J connectivity index is 2.23. The number of hydrogen-bond acceptors (Lipinski definition) is 2. The van der Waals surface area contributed by atoms with Crippen molar-refractivity contribution in [2.45, 2.75) is 32.6 Å². The number of Topliss-reactive ketones (excluding diaryl/α,β-unsaturated/α-hetero) is 1. The van der Waals surface area contributed by atoms with E-state index in [4.69, 9.17) is 0 Å². The van der Waals surface area contributed by atoms with E-state index in [0.29, 0.717) is 12.3 Å². The van der Waals surface area contributed by atoms with E-state index in [0.717, 1.165) is 22.0 Å². The molecule has 0 amide bonds. The van der Waals surface area contributed by atoms with Gasteiger partial charge in [-0.15, -0.1) is 0 Å². The van der Waals surface area contributed by atoms with Gasteiger partial charge in [0, 0.05) is 29.2 Å². The smallest absolute Gasteiger partial charge is 0.145 e. The van der Waals surface area contributed by atoms with Gasteiger partial charge in [0.25, 0.3) is 0 Å². The highest BCUT2D eigenvalue weighted by molar-refractivity contribution is 9.10. The molecule has 0 saturated carbocycles. The molecule has 0 bridgehead atoms. The van der Waals surface area contributed by atoms with Gasteiger partial charge < -0.3 is 0 Å². The molecule has 0 aliphatic rings. The Morgan fingerprint density at radius 2 is 1.95 bits per heavy atom. The van der Waals surface area contributed by atoms with Gasteiger partial charge in [-0.05, 0) is 39.0 Å². The van der Waals surface area contributed by atoms with Gasteiger partial charge in [-0.1, -0.05) is 50.6 Å². The Morgan fingerprint density at radius 1 is 1.24 bits per heavy atom. The molecule has 2 rings (SSSR count). The lowest BCUT2D eigenvalue weighted by molar-refractivity contribution is -0.120. The summed E-state index contributed by atoms with van der Waals surface area (Å²) in [4.78, 5) is 16.9. The number of nitrogens with zero attached hydrogens (tertiary/aromatic N) is 1. The number of hydrogen-bond donors (Lipinski definition) is 0. The third-order valence-electron chi connectivity index (χ3n) is 3.86. The maximum absolute atomic E-state index is 12.8. The van der Waals surface area contributed by atoms with Crippen LogP contribution in [0.5, 0.6) is 0 Å². The molecular formula is C18H20BrNO. The van der Waals surface area contributed by atoms with Gasteiger partial charge in [0.15, 0.2) is 0 Å². The third-order valence-corrected chi connectivity index (χ3v) is 4.29. The van der Waals surface area contributed by atoms with Crippen LogP contribution in [-0.4, -0.2) is 10.8 Å². The van der Waals surface area contributed by atoms with Gasteiger partial charge in [0.1, 0.15) is 5.78 Å². The highest BCUT2D eigenvalue weighted by Gasteiger charge is 2.25. The van der Waals surface area contributed by atoms with Crippen molar-refractivity contribution in [3.05, 3.63) is 64.4 Å². The van der Waals surface area contributed by atoms with Crippen molar-refractivity contribution in [3.8, 4) is 0 Å². The molecular weight excluding hydrogens is 326 g/mol. The monoisotopic (exact) mass is 345 g/mol. The first-order valence-corrected chi connectivity index (χ1v) is 8.08. The average Bonchev–Trinajstić information content (AvgIpc) is 2.48. The Labute approximate surface area is 134 Å². The molecule has 2 aromatic rings. The standard InChI is InChI=1S/C18H20BrNO/c1-3-13(2)18(15-7-5-4-6-8-15)17(21)10-14-9-16(19)12-20-11-14/h4-9,11-13,18H,3,10H2,1-2H3. The van der Waals surface area contributed by atoms with E-state index >= 15 is 0 Å². The van der Waals surface area contributed by atoms with Crippen molar-refractivity contribution in [1.82, 2.24) is 4.98 Å². The Hall–Kier alpha value is -1.48. The highest BCUT2D eigenvalue weighted by Crippen LogP contribution is 2.29. The molecule has 0 saturated heterocycles. The predicted molar refractivity (Wildman–Crippen MR) is 89.3 cm³/mol. The summed E-state index contributed by atoms with van der Waals surface area (Å²) in [5.41, 5.74) is 2.07. The van der Waals surface area contributed by atoms with Crippen molar-refractivity contribution < 1.29 is 4.79 Å². The number of carbonyl (C=O) groups excluding carboxylic acids is 1. The van der Waals surface area contributed by atoms with Crippen LogP contribution in [0.4, 0.5) is 0 Å². The van der Waals surface area contributed by atoms with Gasteiger partial charge >= 0.3 is 0 Å². The molecule has 21 heavy (non-hydrogen) atoms. The van der Waals surface area contributed by atoms with Crippen molar-refractivity contribution in [2.75, 3.05) is 0 Å².